The Morgan fingerprint density at radius 2 is 0.982 bits per heavy atom. The zero-order valence-electron chi connectivity index (χ0n) is 32.0. The van der Waals surface area contributed by atoms with Gasteiger partial charge in [-0.25, -0.2) is 0 Å². The molecular weight excluding hydrogens is 703 g/mol. The summed E-state index contributed by atoms with van der Waals surface area (Å²) in [5.41, 5.74) is 10.6. The second kappa shape index (κ2) is 13.2. The number of para-hydroxylation sites is 2. The number of nitrogens with zero attached hydrogens (tertiary/aromatic N) is 2. The van der Waals surface area contributed by atoms with E-state index in [0.29, 0.717) is 0 Å². The molecule has 0 aliphatic heterocycles. The Balaban J connectivity index is 1.03. The van der Waals surface area contributed by atoms with E-state index in [0.717, 1.165) is 81.1 Å². The third-order valence-electron chi connectivity index (χ3n) is 16.2. The van der Waals surface area contributed by atoms with Crippen LogP contribution in [0.1, 0.15) is 81.2 Å². The van der Waals surface area contributed by atoms with Crippen LogP contribution in [0.25, 0.3) is 27.4 Å². The van der Waals surface area contributed by atoms with Gasteiger partial charge in [-0.05, 0) is 164 Å². The van der Waals surface area contributed by atoms with E-state index in [2.05, 4.69) is 125 Å². The van der Waals surface area contributed by atoms with Crippen LogP contribution in [0.3, 0.4) is 0 Å². The van der Waals surface area contributed by atoms with Crippen LogP contribution in [0.15, 0.2) is 121 Å². The van der Waals surface area contributed by atoms with Gasteiger partial charge in [0.25, 0.3) is 0 Å². The van der Waals surface area contributed by atoms with Gasteiger partial charge in [-0.15, -0.1) is 9.24 Å². The molecule has 8 saturated carbocycles. The molecule has 0 amide bonds. The summed E-state index contributed by atoms with van der Waals surface area (Å²) in [5, 5.41) is 1.87. The van der Waals surface area contributed by atoms with Crippen LogP contribution < -0.4 is 0 Å². The van der Waals surface area contributed by atoms with E-state index in [-0.39, 0.29) is 13.8 Å². The van der Waals surface area contributed by atoms with Crippen molar-refractivity contribution < 1.29 is 0 Å². The molecule has 5 aromatic rings. The molecule has 2 atom stereocenters. The Kier molecular flexibility index (Phi) is 8.13. The fourth-order valence-electron chi connectivity index (χ4n) is 14.5. The summed E-state index contributed by atoms with van der Waals surface area (Å²) in [5.74, 6) is 8.16. The van der Waals surface area contributed by atoms with Crippen molar-refractivity contribution in [3.05, 3.63) is 138 Å². The number of aromatic nitrogens is 2. The van der Waals surface area contributed by atoms with Gasteiger partial charge < -0.3 is 0 Å². The molecule has 0 N–H and O–H groups in total. The minimum Gasteiger partial charge on any atom is -0.251 e. The highest BCUT2D eigenvalue weighted by Gasteiger charge is 2.57. The Hall–Kier alpha value is -3.18. The van der Waals surface area contributed by atoms with E-state index in [1.54, 1.807) is 18.4 Å². The summed E-state index contributed by atoms with van der Waals surface area (Å²) in [4.78, 5) is 11.1. The van der Waals surface area contributed by atoms with Crippen molar-refractivity contribution in [1.82, 2.24) is 9.97 Å². The van der Waals surface area contributed by atoms with E-state index in [1.807, 2.05) is 0 Å². The number of pyridine rings is 2. The smallest absolute Gasteiger partial charge is 0.0787 e. The number of rotatable bonds is 8. The zero-order chi connectivity index (χ0) is 36.3. The molecule has 8 bridgehead atoms. The first-order valence-corrected chi connectivity index (χ1v) is 24.0. The number of fused-ring (bicyclic) bond motifs is 2. The average molecular weight is 757 g/mol. The molecule has 55 heavy (non-hydrogen) atoms. The van der Waals surface area contributed by atoms with E-state index in [4.69, 9.17) is 9.97 Å². The average Bonchev–Trinajstić information content (AvgIpc) is 3.64. The van der Waals surface area contributed by atoms with E-state index < -0.39 is 5.16 Å². The SMILES string of the molecule is PC(c1ccc2ccccc2n1)(c1ccc2ccccc2n1)C1C=C(c2ccccc2)C=C1CP(C1C2CC3CC(C2)CC1C3)C1C2CC3CC(C2)CC1C3. The summed E-state index contributed by atoms with van der Waals surface area (Å²) >= 11 is 0. The largest absolute Gasteiger partial charge is 0.251 e. The van der Waals surface area contributed by atoms with Gasteiger partial charge >= 0.3 is 0 Å². The molecule has 4 heteroatoms. The number of hydrogen-bond acceptors (Lipinski definition) is 2. The standard InChI is InChI=1S/C51H54N2P2/c54-51(47-16-14-36-10-4-6-12-45(36)52-47,48-17-15-37-11-5-7-13-46(37)53-48)44-29-38(35-8-2-1-3-9-35)28-43(44)30-55(49-39-20-31-18-32(22-39)23-40(49)21-31)50-41-24-33-19-34(26-41)27-42(50)25-33/h1-17,28-29,31-34,39-42,44,49-50H,18-27,30,54H2. The molecule has 14 rings (SSSR count). The Bertz CT molecular complexity index is 2170. The van der Waals surface area contributed by atoms with Crippen LogP contribution >= 0.6 is 17.2 Å². The van der Waals surface area contributed by atoms with Crippen LogP contribution in [-0.4, -0.2) is 27.4 Å². The molecule has 9 aliphatic carbocycles. The molecule has 2 aromatic heterocycles. The van der Waals surface area contributed by atoms with Gasteiger partial charge in [0, 0.05) is 16.7 Å². The van der Waals surface area contributed by atoms with Gasteiger partial charge in [0.2, 0.25) is 0 Å². The zero-order valence-corrected chi connectivity index (χ0v) is 34.1. The molecule has 0 radical (unpaired) electrons. The van der Waals surface area contributed by atoms with Gasteiger partial charge in [-0.2, -0.15) is 0 Å². The van der Waals surface area contributed by atoms with E-state index in [1.165, 1.54) is 79.4 Å². The Labute approximate surface area is 331 Å². The summed E-state index contributed by atoms with van der Waals surface area (Å²) in [6.07, 6.45) is 22.0. The Morgan fingerprint density at radius 3 is 1.47 bits per heavy atom. The van der Waals surface area contributed by atoms with Crippen molar-refractivity contribution in [2.75, 3.05) is 6.16 Å². The molecule has 2 nitrogen and oxygen atoms in total. The summed E-state index contributed by atoms with van der Waals surface area (Å²) < 4.78 is 0. The minimum atomic E-state index is -0.522. The van der Waals surface area contributed by atoms with E-state index >= 15 is 0 Å². The minimum absolute atomic E-state index is 0.147. The first-order chi connectivity index (χ1) is 27.0. The topological polar surface area (TPSA) is 25.8 Å². The predicted molar refractivity (Wildman–Crippen MR) is 233 cm³/mol. The van der Waals surface area contributed by atoms with Gasteiger partial charge in [0.15, 0.2) is 0 Å². The normalized spacial score (nSPS) is 35.0. The fourth-order valence-corrected chi connectivity index (χ4v) is 19.8. The first-order valence-electron chi connectivity index (χ1n) is 21.8. The number of hydrogen-bond donors (Lipinski definition) is 0. The maximum Gasteiger partial charge on any atom is 0.0787 e. The first kappa shape index (κ1) is 33.9. The second-order valence-corrected chi connectivity index (χ2v) is 22.8. The van der Waals surface area contributed by atoms with Crippen LogP contribution in [0, 0.1) is 53.3 Å². The lowest BCUT2D eigenvalue weighted by atomic mass is 9.55. The predicted octanol–water partition coefficient (Wildman–Crippen LogP) is 12.7. The van der Waals surface area contributed by atoms with Crippen molar-refractivity contribution in [2.24, 2.45) is 53.3 Å². The summed E-state index contributed by atoms with van der Waals surface area (Å²) in [6.45, 7) is 0. The fraction of sp³-hybridized carbons (Fsp3) is 0.451. The maximum absolute atomic E-state index is 5.55. The van der Waals surface area contributed by atoms with Crippen LogP contribution in [0.5, 0.6) is 0 Å². The lowest BCUT2D eigenvalue weighted by Crippen LogP contribution is -2.53. The molecule has 0 saturated heterocycles. The molecule has 9 aliphatic rings. The summed E-state index contributed by atoms with van der Waals surface area (Å²) in [6, 6.07) is 37.8. The molecule has 2 unspecified atom stereocenters. The third-order valence-corrected chi connectivity index (χ3v) is 21.1. The molecule has 8 fully saturated rings. The van der Waals surface area contributed by atoms with Gasteiger partial charge in [-0.3, -0.25) is 9.97 Å². The lowest BCUT2D eigenvalue weighted by molar-refractivity contribution is 0.0131. The van der Waals surface area contributed by atoms with Crippen molar-refractivity contribution >= 4 is 44.5 Å². The van der Waals surface area contributed by atoms with Crippen molar-refractivity contribution in [1.29, 1.82) is 0 Å². The maximum atomic E-state index is 5.55. The monoisotopic (exact) mass is 756 g/mol. The summed E-state index contributed by atoms with van der Waals surface area (Å²) in [7, 11) is 3.27. The highest BCUT2D eigenvalue weighted by Crippen LogP contribution is 2.72. The van der Waals surface area contributed by atoms with Crippen LogP contribution in [-0.2, 0) is 5.16 Å². The molecule has 278 valence electrons. The highest BCUT2D eigenvalue weighted by atomic mass is 31.1. The molecule has 2 heterocycles. The Morgan fingerprint density at radius 1 is 0.527 bits per heavy atom. The second-order valence-electron chi connectivity index (χ2n) is 19.3. The van der Waals surface area contributed by atoms with Crippen molar-refractivity contribution in [3.63, 3.8) is 0 Å². The van der Waals surface area contributed by atoms with Gasteiger partial charge in [0.05, 0.1) is 27.6 Å². The number of allylic oxidation sites excluding steroid dienone is 4. The highest BCUT2D eigenvalue weighted by molar-refractivity contribution is 7.59. The van der Waals surface area contributed by atoms with Crippen molar-refractivity contribution in [3.8, 4) is 0 Å². The van der Waals surface area contributed by atoms with Crippen LogP contribution in [0.4, 0.5) is 0 Å². The van der Waals surface area contributed by atoms with Crippen molar-refractivity contribution in [2.45, 2.75) is 80.7 Å². The van der Waals surface area contributed by atoms with Gasteiger partial charge in [0.1, 0.15) is 0 Å². The van der Waals surface area contributed by atoms with Crippen LogP contribution in [0.2, 0.25) is 0 Å². The molecular formula is C51H54N2P2. The number of benzene rings is 3. The third kappa shape index (κ3) is 5.62. The van der Waals surface area contributed by atoms with E-state index in [9.17, 15) is 0 Å². The molecule has 3 aromatic carbocycles. The van der Waals surface area contributed by atoms with Gasteiger partial charge in [-0.1, -0.05) is 105 Å². The lowest BCUT2D eigenvalue weighted by Gasteiger charge is -2.62. The quantitative estimate of drug-likeness (QED) is 0.147. The molecule has 0 spiro atoms.